The molecular formula is C17H24N2O2. The van der Waals surface area contributed by atoms with Crippen molar-refractivity contribution in [3.8, 4) is 0 Å². The third-order valence-electron chi connectivity index (χ3n) is 3.48. The molecule has 21 heavy (non-hydrogen) atoms. The first-order valence-corrected chi connectivity index (χ1v) is 7.68. The van der Waals surface area contributed by atoms with Crippen molar-refractivity contribution in [2.45, 2.75) is 39.8 Å². The second kappa shape index (κ2) is 7.84. The van der Waals surface area contributed by atoms with Crippen LogP contribution in [0.25, 0.3) is 10.9 Å². The van der Waals surface area contributed by atoms with E-state index in [-0.39, 0.29) is 12.5 Å². The first-order chi connectivity index (χ1) is 10.2. The maximum absolute atomic E-state index is 11.8. The summed E-state index contributed by atoms with van der Waals surface area (Å²) in [6.45, 7) is 6.76. The molecule has 1 aromatic heterocycles. The van der Waals surface area contributed by atoms with Gasteiger partial charge < -0.3 is 14.6 Å². The number of hydrogen-bond acceptors (Lipinski definition) is 3. The Balaban J connectivity index is 2.06. The highest BCUT2D eigenvalue weighted by Gasteiger charge is 2.08. The summed E-state index contributed by atoms with van der Waals surface area (Å²) in [5, 5.41) is 4.46. The molecule has 114 valence electrons. The summed E-state index contributed by atoms with van der Waals surface area (Å²) in [6, 6.07) is 8.39. The van der Waals surface area contributed by atoms with Crippen LogP contribution >= 0.6 is 0 Å². The van der Waals surface area contributed by atoms with E-state index in [4.69, 9.17) is 4.74 Å². The number of aromatic nitrogens is 1. The Kier molecular flexibility index (Phi) is 5.81. The van der Waals surface area contributed by atoms with Crippen LogP contribution in [0.5, 0.6) is 0 Å². The van der Waals surface area contributed by atoms with E-state index >= 15 is 0 Å². The molecule has 0 spiro atoms. The molecule has 0 fully saturated rings. The Hall–Kier alpha value is -1.81. The molecule has 1 heterocycles. The lowest BCUT2D eigenvalue weighted by Gasteiger charge is -2.08. The number of fused-ring (bicyclic) bond motifs is 1. The summed E-state index contributed by atoms with van der Waals surface area (Å²) in [6.07, 6.45) is 3.90. The molecule has 2 aromatic rings. The number of carbonyl (C=O) groups excluding carboxylic acids is 1. The molecule has 2 rings (SSSR count). The van der Waals surface area contributed by atoms with E-state index in [1.807, 2.05) is 16.8 Å². The molecule has 4 nitrogen and oxygen atoms in total. The van der Waals surface area contributed by atoms with Gasteiger partial charge in [0.25, 0.3) is 0 Å². The number of nitrogens with one attached hydrogen (secondary N) is 1. The Morgan fingerprint density at radius 1 is 1.29 bits per heavy atom. The van der Waals surface area contributed by atoms with Gasteiger partial charge >= 0.3 is 5.97 Å². The minimum atomic E-state index is -0.168. The van der Waals surface area contributed by atoms with Crippen LogP contribution in [-0.4, -0.2) is 23.7 Å². The van der Waals surface area contributed by atoms with Gasteiger partial charge in [-0.3, -0.25) is 4.79 Å². The van der Waals surface area contributed by atoms with Crippen LogP contribution in [0.4, 0.5) is 0 Å². The van der Waals surface area contributed by atoms with Crippen LogP contribution in [0.1, 0.15) is 32.3 Å². The van der Waals surface area contributed by atoms with Gasteiger partial charge in [-0.15, -0.1) is 0 Å². The zero-order valence-electron chi connectivity index (χ0n) is 12.9. The van der Waals surface area contributed by atoms with Crippen molar-refractivity contribution in [3.63, 3.8) is 0 Å². The number of rotatable bonds is 8. The molecule has 0 amide bonds. The van der Waals surface area contributed by atoms with Crippen LogP contribution in [0, 0.1) is 0 Å². The Bertz CT molecular complexity index is 589. The highest BCUT2D eigenvalue weighted by molar-refractivity contribution is 5.82. The molecule has 0 aliphatic heterocycles. The molecular weight excluding hydrogens is 264 g/mol. The smallest absolute Gasteiger partial charge is 0.325 e. The number of esters is 1. The summed E-state index contributed by atoms with van der Waals surface area (Å²) in [7, 11) is 0. The van der Waals surface area contributed by atoms with Gasteiger partial charge in [0.1, 0.15) is 6.54 Å². The van der Waals surface area contributed by atoms with E-state index in [0.29, 0.717) is 6.61 Å². The van der Waals surface area contributed by atoms with Crippen LogP contribution in [-0.2, 0) is 22.6 Å². The van der Waals surface area contributed by atoms with E-state index in [1.54, 1.807) is 0 Å². The molecule has 1 N–H and O–H groups in total. The molecule has 4 heteroatoms. The predicted octanol–water partition coefficient (Wildman–Crippen LogP) is 3.09. The number of nitrogens with zero attached hydrogens (tertiary/aromatic N) is 1. The number of carbonyl (C=O) groups is 1. The molecule has 0 saturated heterocycles. The van der Waals surface area contributed by atoms with Crippen molar-refractivity contribution >= 4 is 16.9 Å². The Morgan fingerprint density at radius 3 is 2.90 bits per heavy atom. The first kappa shape index (κ1) is 15.6. The highest BCUT2D eigenvalue weighted by atomic mass is 16.5. The highest BCUT2D eigenvalue weighted by Crippen LogP contribution is 2.18. The molecule has 0 aliphatic carbocycles. The van der Waals surface area contributed by atoms with Crippen LogP contribution < -0.4 is 5.32 Å². The summed E-state index contributed by atoms with van der Waals surface area (Å²) in [5.74, 6) is -0.168. The minimum absolute atomic E-state index is 0.168. The fourth-order valence-electron chi connectivity index (χ4n) is 2.26. The molecule has 0 bridgehead atoms. The molecule has 0 atom stereocenters. The van der Waals surface area contributed by atoms with E-state index in [2.05, 4.69) is 37.4 Å². The van der Waals surface area contributed by atoms with Crippen molar-refractivity contribution in [1.29, 1.82) is 0 Å². The summed E-state index contributed by atoms with van der Waals surface area (Å²) in [4.78, 5) is 11.8. The van der Waals surface area contributed by atoms with Gasteiger partial charge in [-0.25, -0.2) is 0 Å². The maximum Gasteiger partial charge on any atom is 0.325 e. The van der Waals surface area contributed by atoms with Crippen molar-refractivity contribution in [2.75, 3.05) is 13.2 Å². The van der Waals surface area contributed by atoms with Gasteiger partial charge in [-0.1, -0.05) is 32.4 Å². The zero-order chi connectivity index (χ0) is 15.1. The Morgan fingerprint density at radius 2 is 2.14 bits per heavy atom. The lowest BCUT2D eigenvalue weighted by Crippen LogP contribution is -2.14. The van der Waals surface area contributed by atoms with Crippen molar-refractivity contribution in [2.24, 2.45) is 0 Å². The normalized spacial score (nSPS) is 11.0. The standard InChI is InChI=1S/C17H24N2O2/c1-3-5-10-21-17(20)13-19-9-8-15-7-6-14(11-16(15)19)12-18-4-2/h6-9,11,18H,3-5,10,12-13H2,1-2H3. The van der Waals surface area contributed by atoms with Gasteiger partial charge in [-0.2, -0.15) is 0 Å². The molecule has 1 aromatic carbocycles. The molecule has 0 saturated carbocycles. The Labute approximate surface area is 126 Å². The predicted molar refractivity (Wildman–Crippen MR) is 85.2 cm³/mol. The third-order valence-corrected chi connectivity index (χ3v) is 3.48. The molecule has 0 radical (unpaired) electrons. The van der Waals surface area contributed by atoms with E-state index in [9.17, 15) is 4.79 Å². The summed E-state index contributed by atoms with van der Waals surface area (Å²) < 4.78 is 7.19. The lowest BCUT2D eigenvalue weighted by molar-refractivity contribution is -0.144. The zero-order valence-corrected chi connectivity index (χ0v) is 12.9. The average Bonchev–Trinajstić information content (AvgIpc) is 2.88. The number of hydrogen-bond donors (Lipinski definition) is 1. The van der Waals surface area contributed by atoms with Crippen LogP contribution in [0.2, 0.25) is 0 Å². The van der Waals surface area contributed by atoms with Gasteiger partial charge in [0.2, 0.25) is 0 Å². The second-order valence-corrected chi connectivity index (χ2v) is 5.19. The number of benzene rings is 1. The molecule has 0 unspecified atom stereocenters. The van der Waals surface area contributed by atoms with E-state index < -0.39 is 0 Å². The lowest BCUT2D eigenvalue weighted by atomic mass is 10.1. The van der Waals surface area contributed by atoms with Crippen molar-refractivity contribution < 1.29 is 9.53 Å². The van der Waals surface area contributed by atoms with Gasteiger partial charge in [-0.05, 0) is 36.0 Å². The third kappa shape index (κ3) is 4.33. The summed E-state index contributed by atoms with van der Waals surface area (Å²) in [5.41, 5.74) is 2.31. The fourth-order valence-corrected chi connectivity index (χ4v) is 2.26. The van der Waals surface area contributed by atoms with Gasteiger partial charge in [0.15, 0.2) is 0 Å². The second-order valence-electron chi connectivity index (χ2n) is 5.19. The SMILES string of the molecule is CCCCOC(=O)Cn1ccc2ccc(CNCC)cc21. The van der Waals surface area contributed by atoms with Gasteiger partial charge in [0, 0.05) is 18.3 Å². The monoisotopic (exact) mass is 288 g/mol. The van der Waals surface area contributed by atoms with E-state index in [1.165, 1.54) is 5.56 Å². The van der Waals surface area contributed by atoms with Crippen LogP contribution in [0.3, 0.4) is 0 Å². The van der Waals surface area contributed by atoms with Crippen molar-refractivity contribution in [1.82, 2.24) is 9.88 Å². The number of unbranched alkanes of at least 4 members (excludes halogenated alkanes) is 1. The maximum atomic E-state index is 11.8. The quantitative estimate of drug-likeness (QED) is 0.599. The molecule has 0 aliphatic rings. The van der Waals surface area contributed by atoms with Gasteiger partial charge in [0.05, 0.1) is 6.61 Å². The summed E-state index contributed by atoms with van der Waals surface area (Å²) >= 11 is 0. The minimum Gasteiger partial charge on any atom is -0.464 e. The number of ether oxygens (including phenoxy) is 1. The topological polar surface area (TPSA) is 43.3 Å². The van der Waals surface area contributed by atoms with E-state index in [0.717, 1.165) is 36.8 Å². The largest absolute Gasteiger partial charge is 0.464 e. The first-order valence-electron chi connectivity index (χ1n) is 7.68. The van der Waals surface area contributed by atoms with Crippen molar-refractivity contribution in [3.05, 3.63) is 36.0 Å². The van der Waals surface area contributed by atoms with Crippen LogP contribution in [0.15, 0.2) is 30.5 Å². The fraction of sp³-hybridized carbons (Fsp3) is 0.471. The average molecular weight is 288 g/mol.